The standard InChI is InChI=1S/C11H11FN2/c12-8-5-11-7(3-9(8)13)4-10(14-11)6-1-2-6/h3-6,14H,1-2,13H2. The number of halogens is 1. The smallest absolute Gasteiger partial charge is 0.148 e. The molecular weight excluding hydrogens is 179 g/mol. The number of fused-ring (bicyclic) bond motifs is 1. The molecule has 2 nitrogen and oxygen atoms in total. The van der Waals surface area contributed by atoms with Crippen LogP contribution >= 0.6 is 0 Å². The third-order valence-electron chi connectivity index (χ3n) is 2.78. The van der Waals surface area contributed by atoms with Gasteiger partial charge in [-0.1, -0.05) is 0 Å². The highest BCUT2D eigenvalue weighted by atomic mass is 19.1. The summed E-state index contributed by atoms with van der Waals surface area (Å²) in [6.07, 6.45) is 2.48. The second kappa shape index (κ2) is 2.50. The molecule has 0 amide bonds. The van der Waals surface area contributed by atoms with Crippen molar-refractivity contribution in [2.75, 3.05) is 5.73 Å². The van der Waals surface area contributed by atoms with Gasteiger partial charge in [0.15, 0.2) is 0 Å². The number of nitrogens with one attached hydrogen (secondary N) is 1. The van der Waals surface area contributed by atoms with Crippen LogP contribution in [0.2, 0.25) is 0 Å². The minimum absolute atomic E-state index is 0.221. The molecule has 0 saturated heterocycles. The van der Waals surface area contributed by atoms with Gasteiger partial charge in [0.25, 0.3) is 0 Å². The van der Waals surface area contributed by atoms with Crippen LogP contribution in [-0.2, 0) is 0 Å². The van der Waals surface area contributed by atoms with Crippen LogP contribution in [0.3, 0.4) is 0 Å². The first-order valence-corrected chi connectivity index (χ1v) is 4.81. The molecule has 1 aromatic carbocycles. The Kier molecular flexibility index (Phi) is 1.40. The van der Waals surface area contributed by atoms with Gasteiger partial charge in [-0.2, -0.15) is 0 Å². The van der Waals surface area contributed by atoms with Crippen LogP contribution in [0.1, 0.15) is 24.5 Å². The Bertz CT molecular complexity index is 458. The van der Waals surface area contributed by atoms with E-state index < -0.39 is 0 Å². The van der Waals surface area contributed by atoms with Crippen molar-refractivity contribution in [1.82, 2.24) is 4.98 Å². The lowest BCUT2D eigenvalue weighted by atomic mass is 10.2. The van der Waals surface area contributed by atoms with Gasteiger partial charge in [-0.3, -0.25) is 0 Å². The number of hydrogen-bond acceptors (Lipinski definition) is 1. The van der Waals surface area contributed by atoms with Crippen molar-refractivity contribution in [3.05, 3.63) is 29.7 Å². The fraction of sp³-hybridized carbons (Fsp3) is 0.273. The summed E-state index contributed by atoms with van der Waals surface area (Å²) in [5.41, 5.74) is 7.78. The molecule has 3 N–H and O–H groups in total. The molecule has 1 aliphatic rings. The Balaban J connectivity index is 2.22. The third kappa shape index (κ3) is 1.09. The minimum Gasteiger partial charge on any atom is -0.396 e. The second-order valence-corrected chi connectivity index (χ2v) is 3.96. The molecule has 0 radical (unpaired) electrons. The zero-order valence-electron chi connectivity index (χ0n) is 7.68. The van der Waals surface area contributed by atoms with E-state index in [1.54, 1.807) is 6.07 Å². The topological polar surface area (TPSA) is 41.8 Å². The first kappa shape index (κ1) is 7.85. The zero-order valence-corrected chi connectivity index (χ0v) is 7.68. The number of nitrogen functional groups attached to an aromatic ring is 1. The highest BCUT2D eigenvalue weighted by molar-refractivity contribution is 5.84. The van der Waals surface area contributed by atoms with E-state index in [9.17, 15) is 4.39 Å². The summed E-state index contributed by atoms with van der Waals surface area (Å²) in [6, 6.07) is 5.23. The summed E-state index contributed by atoms with van der Waals surface area (Å²) in [6.45, 7) is 0. The minimum atomic E-state index is -0.346. The number of aromatic nitrogens is 1. The molecule has 1 heterocycles. The van der Waals surface area contributed by atoms with Gasteiger partial charge < -0.3 is 10.7 Å². The molecule has 3 heteroatoms. The van der Waals surface area contributed by atoms with Gasteiger partial charge in [0.05, 0.1) is 5.69 Å². The Hall–Kier alpha value is -1.51. The zero-order chi connectivity index (χ0) is 9.71. The molecule has 0 unspecified atom stereocenters. The summed E-state index contributed by atoms with van der Waals surface area (Å²) in [7, 11) is 0. The molecule has 3 rings (SSSR count). The Morgan fingerprint density at radius 3 is 2.79 bits per heavy atom. The van der Waals surface area contributed by atoms with E-state index in [0.29, 0.717) is 5.92 Å². The molecule has 0 bridgehead atoms. The average molecular weight is 190 g/mol. The lowest BCUT2D eigenvalue weighted by Gasteiger charge is -1.95. The second-order valence-electron chi connectivity index (χ2n) is 3.96. The third-order valence-corrected chi connectivity index (χ3v) is 2.78. The fourth-order valence-corrected chi connectivity index (χ4v) is 1.81. The van der Waals surface area contributed by atoms with Crippen LogP contribution in [0.15, 0.2) is 18.2 Å². The molecule has 0 atom stereocenters. The Morgan fingerprint density at radius 1 is 1.29 bits per heavy atom. The van der Waals surface area contributed by atoms with E-state index in [0.717, 1.165) is 10.9 Å². The van der Waals surface area contributed by atoms with Crippen LogP contribution < -0.4 is 5.73 Å². The highest BCUT2D eigenvalue weighted by Crippen LogP contribution is 2.40. The lowest BCUT2D eigenvalue weighted by molar-refractivity contribution is 0.634. The summed E-state index contributed by atoms with van der Waals surface area (Å²) < 4.78 is 13.1. The highest BCUT2D eigenvalue weighted by Gasteiger charge is 2.25. The van der Waals surface area contributed by atoms with E-state index in [1.165, 1.54) is 24.6 Å². The molecule has 0 aliphatic heterocycles. The monoisotopic (exact) mass is 190 g/mol. The van der Waals surface area contributed by atoms with Crippen molar-refractivity contribution in [3.63, 3.8) is 0 Å². The maximum absolute atomic E-state index is 13.1. The molecule has 0 spiro atoms. The first-order chi connectivity index (χ1) is 6.74. The van der Waals surface area contributed by atoms with Gasteiger partial charge in [-0.25, -0.2) is 4.39 Å². The number of benzene rings is 1. The van der Waals surface area contributed by atoms with Crippen LogP contribution in [0.4, 0.5) is 10.1 Å². The van der Waals surface area contributed by atoms with Crippen molar-refractivity contribution in [1.29, 1.82) is 0 Å². The van der Waals surface area contributed by atoms with Crippen molar-refractivity contribution in [2.45, 2.75) is 18.8 Å². The lowest BCUT2D eigenvalue weighted by Crippen LogP contribution is -1.88. The van der Waals surface area contributed by atoms with E-state index in [1.807, 2.05) is 0 Å². The van der Waals surface area contributed by atoms with Crippen molar-refractivity contribution >= 4 is 16.6 Å². The number of H-pyrrole nitrogens is 1. The maximum Gasteiger partial charge on any atom is 0.148 e. The molecule has 1 fully saturated rings. The normalized spacial score (nSPS) is 16.4. The molecule has 14 heavy (non-hydrogen) atoms. The summed E-state index contributed by atoms with van der Waals surface area (Å²) in [5.74, 6) is 0.313. The SMILES string of the molecule is Nc1cc2cc(C3CC3)[nH]c2cc1F. The Labute approximate surface area is 80.9 Å². The molecule has 1 aromatic heterocycles. The van der Waals surface area contributed by atoms with Crippen molar-refractivity contribution < 1.29 is 4.39 Å². The van der Waals surface area contributed by atoms with E-state index in [4.69, 9.17) is 5.73 Å². The van der Waals surface area contributed by atoms with Gasteiger partial charge in [0, 0.05) is 22.7 Å². The molecule has 2 aromatic rings. The summed E-state index contributed by atoms with van der Waals surface area (Å²) in [5, 5.41) is 1.01. The van der Waals surface area contributed by atoms with Gasteiger partial charge in [-0.05, 0) is 30.9 Å². The largest absolute Gasteiger partial charge is 0.396 e. The first-order valence-electron chi connectivity index (χ1n) is 4.81. The number of nitrogens with two attached hydrogens (primary N) is 1. The van der Waals surface area contributed by atoms with E-state index >= 15 is 0 Å². The number of aromatic amines is 1. The molecule has 1 saturated carbocycles. The van der Waals surface area contributed by atoms with Crippen molar-refractivity contribution in [3.8, 4) is 0 Å². The predicted octanol–water partition coefficient (Wildman–Crippen LogP) is 2.77. The van der Waals surface area contributed by atoms with Gasteiger partial charge in [0.1, 0.15) is 5.82 Å². The van der Waals surface area contributed by atoms with Gasteiger partial charge >= 0.3 is 0 Å². The van der Waals surface area contributed by atoms with Crippen LogP contribution in [0.25, 0.3) is 10.9 Å². The number of hydrogen-bond donors (Lipinski definition) is 2. The van der Waals surface area contributed by atoms with Gasteiger partial charge in [-0.15, -0.1) is 0 Å². The van der Waals surface area contributed by atoms with E-state index in [-0.39, 0.29) is 11.5 Å². The van der Waals surface area contributed by atoms with Crippen LogP contribution in [-0.4, -0.2) is 4.98 Å². The quantitative estimate of drug-likeness (QED) is 0.667. The predicted molar refractivity (Wildman–Crippen MR) is 54.6 cm³/mol. The fourth-order valence-electron chi connectivity index (χ4n) is 1.81. The molecular formula is C11H11FN2. The average Bonchev–Trinajstić information content (AvgIpc) is 2.90. The number of anilines is 1. The Morgan fingerprint density at radius 2 is 2.07 bits per heavy atom. The summed E-state index contributed by atoms with van der Waals surface area (Å²) >= 11 is 0. The molecule has 1 aliphatic carbocycles. The molecule has 72 valence electrons. The van der Waals surface area contributed by atoms with E-state index in [2.05, 4.69) is 11.1 Å². The number of rotatable bonds is 1. The van der Waals surface area contributed by atoms with Gasteiger partial charge in [0.2, 0.25) is 0 Å². The maximum atomic E-state index is 13.1. The van der Waals surface area contributed by atoms with Crippen molar-refractivity contribution in [2.24, 2.45) is 0 Å². The van der Waals surface area contributed by atoms with Crippen LogP contribution in [0.5, 0.6) is 0 Å². The van der Waals surface area contributed by atoms with Crippen LogP contribution in [0, 0.1) is 5.82 Å². The summed E-state index contributed by atoms with van der Waals surface area (Å²) in [4.78, 5) is 3.23.